The maximum Gasteiger partial charge on any atom is 0.521 e. The van der Waals surface area contributed by atoms with Gasteiger partial charge in [0.1, 0.15) is 6.04 Å². The largest absolute Gasteiger partial charge is 0.521 e. The van der Waals surface area contributed by atoms with E-state index in [4.69, 9.17) is 4.74 Å². The van der Waals surface area contributed by atoms with Crippen molar-refractivity contribution in [1.82, 2.24) is 0 Å². The monoisotopic (exact) mass is 458 g/mol. The molecular formula is C15H25INO5S+. The Morgan fingerprint density at radius 1 is 1.39 bits per heavy atom. The summed E-state index contributed by atoms with van der Waals surface area (Å²) in [5.41, 5.74) is 0. The van der Waals surface area contributed by atoms with Gasteiger partial charge in [0.15, 0.2) is 0 Å². The van der Waals surface area contributed by atoms with E-state index in [1.165, 1.54) is 0 Å². The minimum Gasteiger partial charge on any atom is -0.458 e. The fourth-order valence-corrected chi connectivity index (χ4v) is 4.07. The average Bonchev–Trinajstić information content (AvgIpc) is 2.91. The van der Waals surface area contributed by atoms with Crippen molar-refractivity contribution in [1.29, 1.82) is 0 Å². The number of ether oxygens (including phenoxy) is 1. The van der Waals surface area contributed by atoms with Gasteiger partial charge in [0.2, 0.25) is 0 Å². The number of imide groups is 1. The maximum atomic E-state index is 12.7. The predicted octanol–water partition coefficient (Wildman–Crippen LogP) is 3.91. The van der Waals surface area contributed by atoms with Gasteiger partial charge in [0.25, 0.3) is 0 Å². The standard InChI is InChI=1S/C15H24INO5S/c1-11(10-23-15(21)22-9-4-3-7-16)13(18)17(14(19)20)8-5-6-12(17)2/h11-12H,3-10H2,1-2H3/p+1/t11-,12-,17?/m1/s1. The van der Waals surface area contributed by atoms with Gasteiger partial charge >= 0.3 is 17.3 Å². The second-order valence-corrected chi connectivity index (χ2v) is 7.95. The van der Waals surface area contributed by atoms with Crippen molar-refractivity contribution in [2.24, 2.45) is 5.92 Å². The van der Waals surface area contributed by atoms with Gasteiger partial charge in [-0.1, -0.05) is 22.6 Å². The van der Waals surface area contributed by atoms with Gasteiger partial charge in [-0.2, -0.15) is 9.28 Å². The van der Waals surface area contributed by atoms with Crippen molar-refractivity contribution in [2.45, 2.75) is 45.6 Å². The summed E-state index contributed by atoms with van der Waals surface area (Å²) in [6, 6.07) is -0.215. The molecule has 0 saturated carbocycles. The second kappa shape index (κ2) is 9.83. The van der Waals surface area contributed by atoms with Crippen LogP contribution in [0.3, 0.4) is 0 Å². The van der Waals surface area contributed by atoms with E-state index >= 15 is 0 Å². The van der Waals surface area contributed by atoms with E-state index in [2.05, 4.69) is 22.6 Å². The molecule has 23 heavy (non-hydrogen) atoms. The summed E-state index contributed by atoms with van der Waals surface area (Å²) in [6.07, 6.45) is 2.22. The van der Waals surface area contributed by atoms with Crippen LogP contribution >= 0.6 is 34.4 Å². The van der Waals surface area contributed by atoms with Crippen LogP contribution in [-0.2, 0) is 9.53 Å². The Hall–Kier alpha value is -0.350. The molecule has 0 aliphatic carbocycles. The van der Waals surface area contributed by atoms with Gasteiger partial charge in [-0.25, -0.2) is 9.59 Å². The summed E-state index contributed by atoms with van der Waals surface area (Å²) in [5, 5.41) is 9.16. The Morgan fingerprint density at radius 2 is 2.09 bits per heavy atom. The molecule has 0 spiro atoms. The van der Waals surface area contributed by atoms with Crippen molar-refractivity contribution in [3.05, 3.63) is 0 Å². The van der Waals surface area contributed by atoms with Crippen LogP contribution in [0.15, 0.2) is 0 Å². The smallest absolute Gasteiger partial charge is 0.458 e. The predicted molar refractivity (Wildman–Crippen MR) is 97.9 cm³/mol. The lowest BCUT2D eigenvalue weighted by atomic mass is 10.1. The lowest BCUT2D eigenvalue weighted by Crippen LogP contribution is -2.60. The number of rotatable bonds is 7. The fraction of sp³-hybridized carbons (Fsp3) is 0.800. The van der Waals surface area contributed by atoms with Crippen LogP contribution in [0.4, 0.5) is 9.59 Å². The van der Waals surface area contributed by atoms with Crippen LogP contribution < -0.4 is 0 Å². The minimum atomic E-state index is -1.08. The summed E-state index contributed by atoms with van der Waals surface area (Å²) in [7, 11) is 0. The molecule has 1 heterocycles. The first-order valence-corrected chi connectivity index (χ1v) is 10.4. The number of hydrogen-bond donors (Lipinski definition) is 1. The van der Waals surface area contributed by atoms with Crippen LogP contribution in [0.5, 0.6) is 0 Å². The Balaban J connectivity index is 2.50. The van der Waals surface area contributed by atoms with E-state index in [1.807, 2.05) is 0 Å². The van der Waals surface area contributed by atoms with Crippen molar-refractivity contribution >= 4 is 51.7 Å². The molecule has 0 aromatic heterocycles. The maximum absolute atomic E-state index is 12.7. The molecule has 1 rings (SSSR count). The van der Waals surface area contributed by atoms with Gasteiger partial charge < -0.3 is 9.84 Å². The first-order valence-electron chi connectivity index (χ1n) is 7.87. The van der Waals surface area contributed by atoms with Crippen molar-refractivity contribution < 1.29 is 28.7 Å². The summed E-state index contributed by atoms with van der Waals surface area (Å²) < 4.78 is 5.60. The third-order valence-corrected chi connectivity index (χ3v) is 6.02. The number of carbonyl (C=O) groups is 3. The Kier molecular flexibility index (Phi) is 8.84. The van der Waals surface area contributed by atoms with Gasteiger partial charge in [0.05, 0.1) is 19.1 Å². The molecule has 0 aromatic carbocycles. The number of halogens is 1. The number of thioether (sulfide) groups is 1. The Morgan fingerprint density at radius 3 is 2.61 bits per heavy atom. The summed E-state index contributed by atoms with van der Waals surface area (Å²) in [6.45, 7) is 4.22. The molecule has 2 amide bonds. The zero-order valence-electron chi connectivity index (χ0n) is 13.6. The number of quaternary nitrogens is 1. The first-order chi connectivity index (χ1) is 10.9. The van der Waals surface area contributed by atoms with Crippen LogP contribution in [0.25, 0.3) is 0 Å². The number of alkyl halides is 1. The quantitative estimate of drug-likeness (QED) is 0.205. The molecule has 3 atom stereocenters. The molecule has 6 nitrogen and oxygen atoms in total. The van der Waals surface area contributed by atoms with E-state index in [0.717, 1.165) is 41.9 Å². The first kappa shape index (κ1) is 20.7. The molecule has 1 fully saturated rings. The molecule has 8 heteroatoms. The van der Waals surface area contributed by atoms with E-state index in [1.54, 1.807) is 13.8 Å². The van der Waals surface area contributed by atoms with Gasteiger partial charge in [0, 0.05) is 18.6 Å². The molecule has 1 aliphatic heterocycles. The molecule has 1 N–H and O–H groups in total. The van der Waals surface area contributed by atoms with Gasteiger partial charge in [-0.05, 0) is 42.9 Å². The highest BCUT2D eigenvalue weighted by Gasteiger charge is 2.54. The highest BCUT2D eigenvalue weighted by Crippen LogP contribution is 2.31. The minimum absolute atomic E-state index is 0.215. The molecular weight excluding hydrogens is 433 g/mol. The number of hydrogen-bond acceptors (Lipinski definition) is 5. The van der Waals surface area contributed by atoms with Crippen LogP contribution in [0, 0.1) is 5.92 Å². The van der Waals surface area contributed by atoms with Crippen LogP contribution in [0.1, 0.15) is 39.5 Å². The third kappa shape index (κ3) is 5.32. The fourth-order valence-electron chi connectivity index (χ4n) is 2.83. The highest BCUT2D eigenvalue weighted by atomic mass is 127. The summed E-state index contributed by atoms with van der Waals surface area (Å²) in [5.74, 6) is -0.560. The number of amides is 2. The number of carboxylic acid groups (broad SMARTS) is 1. The molecule has 1 unspecified atom stereocenters. The number of unbranched alkanes of at least 4 members (excludes halogenated alkanes) is 1. The Bertz CT molecular complexity index is 448. The molecule has 0 bridgehead atoms. The normalized spacial score (nSPS) is 25.1. The topological polar surface area (TPSA) is 80.7 Å². The lowest BCUT2D eigenvalue weighted by molar-refractivity contribution is -0.793. The number of carbonyl (C=O) groups excluding carboxylic acids is 2. The van der Waals surface area contributed by atoms with E-state index < -0.39 is 21.8 Å². The molecule has 1 saturated heterocycles. The molecule has 0 aromatic rings. The van der Waals surface area contributed by atoms with Gasteiger partial charge in [-0.15, -0.1) is 0 Å². The molecule has 0 radical (unpaired) electrons. The van der Waals surface area contributed by atoms with Gasteiger partial charge in [-0.3, -0.25) is 0 Å². The van der Waals surface area contributed by atoms with Crippen molar-refractivity contribution in [2.75, 3.05) is 23.3 Å². The summed E-state index contributed by atoms with van der Waals surface area (Å²) in [4.78, 5) is 36.0. The highest BCUT2D eigenvalue weighted by molar-refractivity contribution is 14.1. The Labute approximate surface area is 155 Å². The van der Waals surface area contributed by atoms with E-state index in [9.17, 15) is 19.5 Å². The summed E-state index contributed by atoms with van der Waals surface area (Å²) >= 11 is 3.23. The number of likely N-dealkylation sites (tertiary alicyclic amines) is 1. The molecule has 1 aliphatic rings. The van der Waals surface area contributed by atoms with E-state index in [-0.39, 0.29) is 17.7 Å². The van der Waals surface area contributed by atoms with E-state index in [0.29, 0.717) is 13.2 Å². The zero-order valence-corrected chi connectivity index (χ0v) is 16.6. The van der Waals surface area contributed by atoms with Crippen molar-refractivity contribution in [3.8, 4) is 0 Å². The van der Waals surface area contributed by atoms with Crippen molar-refractivity contribution in [3.63, 3.8) is 0 Å². The lowest BCUT2D eigenvalue weighted by Gasteiger charge is -2.31. The van der Waals surface area contributed by atoms with Crippen LogP contribution in [0.2, 0.25) is 0 Å². The zero-order chi connectivity index (χ0) is 17.5. The molecule has 132 valence electrons. The number of nitrogens with zero attached hydrogens (tertiary/aromatic N) is 1. The second-order valence-electron chi connectivity index (χ2n) is 5.91. The SMILES string of the molecule is C[C@H](CSC(=O)OCCCCI)C(=O)[N+]1(C(=O)O)CCC[C@H]1C. The van der Waals surface area contributed by atoms with Crippen LogP contribution in [-0.4, -0.2) is 56.3 Å². The average molecular weight is 458 g/mol. The third-order valence-electron chi connectivity index (χ3n) is 4.24.